The van der Waals surface area contributed by atoms with Crippen molar-refractivity contribution in [1.82, 2.24) is 18.9 Å². The molecule has 0 atom stereocenters. The van der Waals surface area contributed by atoms with Crippen LogP contribution in [0, 0.1) is 11.6 Å². The number of hydrogen-bond donors (Lipinski definition) is 1. The highest BCUT2D eigenvalue weighted by atomic mass is 32.2. The normalized spacial score (nSPS) is 15.1. The number of sulfonamides is 1. The van der Waals surface area contributed by atoms with Crippen molar-refractivity contribution in [1.29, 1.82) is 0 Å². The molecule has 0 spiro atoms. The molecule has 1 aliphatic rings. The number of aryl methyl sites for hydroxylation is 1. The maximum atomic E-state index is 14.9. The van der Waals surface area contributed by atoms with E-state index in [2.05, 4.69) is 41.2 Å². The Morgan fingerprint density at radius 3 is 2.41 bits per heavy atom. The van der Waals surface area contributed by atoms with Gasteiger partial charge in [-0.3, -0.25) is 14.4 Å². The van der Waals surface area contributed by atoms with Gasteiger partial charge >= 0.3 is 0 Å². The van der Waals surface area contributed by atoms with E-state index in [1.54, 1.807) is 19.3 Å². The minimum atomic E-state index is -3.65. The first-order valence-corrected chi connectivity index (χ1v) is 22.0. The molecule has 0 unspecified atom stereocenters. The fraction of sp³-hybridized carbons (Fsp3) is 0.457. The summed E-state index contributed by atoms with van der Waals surface area (Å²) in [6.45, 7) is 13.5. The third-order valence-electron chi connectivity index (χ3n) is 8.76. The van der Waals surface area contributed by atoms with Crippen molar-refractivity contribution < 1.29 is 26.7 Å². The highest BCUT2D eigenvalue weighted by molar-refractivity contribution is 7.92. The summed E-state index contributed by atoms with van der Waals surface area (Å²) < 4.78 is 72.3. The molecule has 1 fully saturated rings. The van der Waals surface area contributed by atoms with E-state index >= 15 is 0 Å². The number of nitrogens with zero attached hydrogens (tertiary/aromatic N) is 4. The Morgan fingerprint density at radius 2 is 1.69 bits per heavy atom. The zero-order valence-corrected chi connectivity index (χ0v) is 31.0. The van der Waals surface area contributed by atoms with Crippen molar-refractivity contribution in [2.45, 2.75) is 52.3 Å². The summed E-state index contributed by atoms with van der Waals surface area (Å²) >= 11 is 0. The van der Waals surface area contributed by atoms with Crippen molar-refractivity contribution >= 4 is 34.7 Å². The Balaban J connectivity index is 1.70. The van der Waals surface area contributed by atoms with Crippen molar-refractivity contribution in [2.75, 3.05) is 50.3 Å². The number of halogens is 2. The van der Waals surface area contributed by atoms with E-state index in [1.165, 1.54) is 29.7 Å². The van der Waals surface area contributed by atoms with Crippen molar-refractivity contribution in [3.8, 4) is 22.6 Å². The molecule has 2 aromatic heterocycles. The van der Waals surface area contributed by atoms with Crippen LogP contribution in [0.3, 0.4) is 0 Å². The first-order valence-electron chi connectivity index (χ1n) is 16.6. The lowest BCUT2D eigenvalue weighted by atomic mass is 10.0. The van der Waals surface area contributed by atoms with Gasteiger partial charge in [0.2, 0.25) is 10.0 Å². The monoisotopic (exact) mass is 715 g/mol. The van der Waals surface area contributed by atoms with Gasteiger partial charge in [0.1, 0.15) is 18.3 Å². The first-order chi connectivity index (χ1) is 23.1. The molecule has 0 amide bonds. The number of hydrogen-bond acceptors (Lipinski definition) is 7. The topological polar surface area (TPSA) is 98.0 Å². The summed E-state index contributed by atoms with van der Waals surface area (Å²) in [5.41, 5.74) is 2.54. The van der Waals surface area contributed by atoms with E-state index in [9.17, 15) is 22.0 Å². The van der Waals surface area contributed by atoms with Crippen LogP contribution in [-0.2, 0) is 35.1 Å². The number of fused-ring (bicyclic) bond motifs is 1. The number of rotatable bonds is 13. The van der Waals surface area contributed by atoms with E-state index in [0.29, 0.717) is 35.2 Å². The molecular formula is C35H47F2N5O5SSi. The summed E-state index contributed by atoms with van der Waals surface area (Å²) in [7, 11) is -1.25. The lowest BCUT2D eigenvalue weighted by molar-refractivity contribution is 0.0865. The second kappa shape index (κ2) is 15.1. The maximum Gasteiger partial charge on any atom is 0.259 e. The zero-order valence-electron chi connectivity index (χ0n) is 29.2. The molecule has 2 aromatic carbocycles. The highest BCUT2D eigenvalue weighted by Crippen LogP contribution is 2.40. The predicted molar refractivity (Wildman–Crippen MR) is 194 cm³/mol. The van der Waals surface area contributed by atoms with Crippen LogP contribution in [0.25, 0.3) is 22.0 Å². The SMILES string of the molecule is CCS(=O)(=O)Nc1ccc(Oc2ccc(F)cc2F)c(-c2cn(C)c(=O)c3cc(CN4CCCN(C)CC4)n(COCC[Si](C)(C)C)c23)c1. The van der Waals surface area contributed by atoms with Gasteiger partial charge in [0.25, 0.3) is 5.56 Å². The smallest absolute Gasteiger partial charge is 0.259 e. The predicted octanol–water partition coefficient (Wildman–Crippen LogP) is 6.29. The first kappa shape index (κ1) is 36.7. The number of nitrogens with one attached hydrogen (secondary N) is 1. The molecule has 0 bridgehead atoms. The number of anilines is 1. The molecule has 3 heterocycles. The van der Waals surface area contributed by atoms with E-state index < -0.39 is 29.7 Å². The molecule has 0 aliphatic carbocycles. The van der Waals surface area contributed by atoms with Crippen LogP contribution in [0.5, 0.6) is 11.5 Å². The van der Waals surface area contributed by atoms with E-state index in [0.717, 1.165) is 56.5 Å². The van der Waals surface area contributed by atoms with Gasteiger partial charge in [0.05, 0.1) is 16.7 Å². The van der Waals surface area contributed by atoms with E-state index in [4.69, 9.17) is 9.47 Å². The average Bonchev–Trinajstić information content (AvgIpc) is 3.25. The minimum Gasteiger partial charge on any atom is -0.454 e. The molecule has 1 N–H and O–H groups in total. The third-order valence-corrected chi connectivity index (χ3v) is 11.8. The van der Waals surface area contributed by atoms with Gasteiger partial charge in [0.15, 0.2) is 11.6 Å². The molecule has 1 saturated heterocycles. The Kier molecular flexibility index (Phi) is 11.3. The number of ether oxygens (including phenoxy) is 2. The van der Waals surface area contributed by atoms with Crippen molar-refractivity contribution in [3.63, 3.8) is 0 Å². The lowest BCUT2D eigenvalue weighted by Crippen LogP contribution is -2.29. The van der Waals surface area contributed by atoms with Crippen LogP contribution in [0.4, 0.5) is 14.5 Å². The summed E-state index contributed by atoms with van der Waals surface area (Å²) in [6.07, 6.45) is 2.70. The summed E-state index contributed by atoms with van der Waals surface area (Å²) in [6, 6.07) is 10.6. The molecule has 14 heteroatoms. The number of aromatic nitrogens is 2. The number of pyridine rings is 1. The van der Waals surface area contributed by atoms with Crippen molar-refractivity contribution in [3.05, 3.63) is 76.3 Å². The van der Waals surface area contributed by atoms with Gasteiger partial charge in [-0.1, -0.05) is 19.6 Å². The third kappa shape index (κ3) is 9.17. The Hall–Kier alpha value is -3.56. The Morgan fingerprint density at radius 1 is 0.939 bits per heavy atom. The largest absolute Gasteiger partial charge is 0.454 e. The molecule has 10 nitrogen and oxygen atoms in total. The van der Waals surface area contributed by atoms with Crippen LogP contribution in [0.2, 0.25) is 25.7 Å². The fourth-order valence-electron chi connectivity index (χ4n) is 5.88. The molecule has 266 valence electrons. The van der Waals surface area contributed by atoms with E-state index in [-0.39, 0.29) is 35.2 Å². The van der Waals surface area contributed by atoms with Crippen molar-refractivity contribution in [2.24, 2.45) is 7.05 Å². The molecule has 0 radical (unpaired) electrons. The average molecular weight is 716 g/mol. The van der Waals surface area contributed by atoms with Gasteiger partial charge in [-0.05, 0) is 75.9 Å². The van der Waals surface area contributed by atoms with Crippen LogP contribution in [0.15, 0.2) is 53.5 Å². The number of likely N-dealkylation sites (N-methyl/N-ethyl adjacent to an activating group) is 1. The lowest BCUT2D eigenvalue weighted by Gasteiger charge is -2.22. The quantitative estimate of drug-likeness (QED) is 0.128. The molecule has 5 rings (SSSR count). The number of benzene rings is 2. The van der Waals surface area contributed by atoms with Crippen LogP contribution >= 0.6 is 0 Å². The molecule has 4 aromatic rings. The Labute approximate surface area is 288 Å². The van der Waals surface area contributed by atoms with Gasteiger partial charge in [0, 0.05) is 76.1 Å². The standard InChI is InChI=1S/C35H47F2N5O5SSi/c1-7-48(44,45)38-26-10-12-32(47-33-11-9-25(36)19-31(33)37)28(20-26)30-23-40(3)35(43)29-21-27(22-41-14-8-13-39(2)15-16-41)42(34(29)30)24-46-17-18-49(4,5)6/h9-12,19-21,23,38H,7-8,13-18,22,24H2,1-6H3. The van der Waals surface area contributed by atoms with E-state index in [1.807, 2.05) is 10.6 Å². The maximum absolute atomic E-state index is 14.9. The van der Waals surface area contributed by atoms with Crippen LogP contribution in [0.1, 0.15) is 19.0 Å². The van der Waals surface area contributed by atoms with Gasteiger partial charge in [-0.25, -0.2) is 17.2 Å². The minimum absolute atomic E-state index is 0.140. The summed E-state index contributed by atoms with van der Waals surface area (Å²) in [4.78, 5) is 18.5. The highest BCUT2D eigenvalue weighted by Gasteiger charge is 2.24. The van der Waals surface area contributed by atoms with Gasteiger partial charge < -0.3 is 23.5 Å². The summed E-state index contributed by atoms with van der Waals surface area (Å²) in [5, 5.41) is 0.467. The fourth-order valence-corrected chi connectivity index (χ4v) is 7.26. The zero-order chi connectivity index (χ0) is 35.5. The Bertz CT molecular complexity index is 1980. The molecular weight excluding hydrogens is 669 g/mol. The molecule has 49 heavy (non-hydrogen) atoms. The van der Waals surface area contributed by atoms with Gasteiger partial charge in [-0.15, -0.1) is 0 Å². The second-order valence-corrected chi connectivity index (χ2v) is 21.6. The summed E-state index contributed by atoms with van der Waals surface area (Å²) in [5.74, 6) is -1.79. The van der Waals surface area contributed by atoms with Gasteiger partial charge in [-0.2, -0.15) is 0 Å². The van der Waals surface area contributed by atoms with Crippen LogP contribution < -0.4 is 15.0 Å². The molecule has 1 aliphatic heterocycles. The second-order valence-electron chi connectivity index (χ2n) is 14.0. The van der Waals surface area contributed by atoms with Crippen LogP contribution in [-0.4, -0.2) is 81.0 Å². The molecule has 0 saturated carbocycles.